The molecule has 1 aromatic carbocycles. The van der Waals surface area contributed by atoms with Crippen LogP contribution in [0.3, 0.4) is 0 Å². The zero-order chi connectivity index (χ0) is 15.8. The van der Waals surface area contributed by atoms with Crippen LogP contribution in [-0.2, 0) is 11.3 Å². The molecule has 21 heavy (non-hydrogen) atoms. The molecule has 1 rings (SSSR count). The first-order valence-corrected chi connectivity index (χ1v) is 7.37. The topological polar surface area (TPSA) is 61.8 Å². The van der Waals surface area contributed by atoms with E-state index in [4.69, 9.17) is 4.74 Å². The quantitative estimate of drug-likeness (QED) is 0.813. The normalized spacial score (nSPS) is 12.3. The van der Waals surface area contributed by atoms with Gasteiger partial charge < -0.3 is 20.1 Å². The third-order valence-corrected chi connectivity index (χ3v) is 3.07. The first-order chi connectivity index (χ1) is 9.95. The highest BCUT2D eigenvalue weighted by Gasteiger charge is 2.19. The van der Waals surface area contributed by atoms with E-state index in [-0.39, 0.29) is 12.1 Å². The average Bonchev–Trinajstić information content (AvgIpc) is 2.43. The van der Waals surface area contributed by atoms with Crippen LogP contribution in [0.2, 0.25) is 0 Å². The van der Waals surface area contributed by atoms with Crippen LogP contribution < -0.4 is 5.32 Å². The number of carbonyl (C=O) groups excluding carboxylic acids is 1. The second-order valence-corrected chi connectivity index (χ2v) is 5.32. The number of aliphatic hydroxyl groups excluding tert-OH is 1. The molecule has 2 N–H and O–H groups in total. The maximum Gasteiger partial charge on any atom is 0.322 e. The molecule has 0 aliphatic heterocycles. The summed E-state index contributed by atoms with van der Waals surface area (Å²) in [5.74, 6) is 0. The van der Waals surface area contributed by atoms with E-state index < -0.39 is 6.10 Å². The highest BCUT2D eigenvalue weighted by atomic mass is 16.5. The van der Waals surface area contributed by atoms with Crippen molar-refractivity contribution in [2.45, 2.75) is 46.4 Å². The molecular formula is C16H26N2O3. The first-order valence-electron chi connectivity index (χ1n) is 7.37. The summed E-state index contributed by atoms with van der Waals surface area (Å²) in [4.78, 5) is 14.0. The van der Waals surface area contributed by atoms with Crippen molar-refractivity contribution in [3.63, 3.8) is 0 Å². The Morgan fingerprint density at radius 2 is 2.00 bits per heavy atom. The summed E-state index contributed by atoms with van der Waals surface area (Å²) in [5, 5.41) is 12.4. The number of hydrogen-bond donors (Lipinski definition) is 2. The number of hydrogen-bond acceptors (Lipinski definition) is 3. The maximum absolute atomic E-state index is 12.4. The molecule has 1 atom stereocenters. The molecule has 2 amide bonds. The van der Waals surface area contributed by atoms with Gasteiger partial charge in [-0.1, -0.05) is 18.2 Å². The van der Waals surface area contributed by atoms with Crippen molar-refractivity contribution in [2.75, 3.05) is 18.5 Å². The molecule has 0 aromatic heterocycles. The van der Waals surface area contributed by atoms with Crippen LogP contribution in [0.4, 0.5) is 10.5 Å². The van der Waals surface area contributed by atoms with E-state index in [0.29, 0.717) is 19.8 Å². The number of carbonyl (C=O) groups is 1. The molecule has 0 bridgehead atoms. The molecule has 0 saturated carbocycles. The summed E-state index contributed by atoms with van der Waals surface area (Å²) in [6, 6.07) is 7.38. The fraction of sp³-hybridized carbons (Fsp3) is 0.562. The van der Waals surface area contributed by atoms with Gasteiger partial charge >= 0.3 is 6.03 Å². The van der Waals surface area contributed by atoms with Gasteiger partial charge in [0, 0.05) is 30.4 Å². The fourth-order valence-electron chi connectivity index (χ4n) is 1.98. The first kappa shape index (κ1) is 17.5. The van der Waals surface area contributed by atoms with Crippen molar-refractivity contribution >= 4 is 11.7 Å². The van der Waals surface area contributed by atoms with E-state index >= 15 is 0 Å². The van der Waals surface area contributed by atoms with Gasteiger partial charge in [0.05, 0.1) is 12.7 Å². The number of urea groups is 1. The number of amides is 2. The molecule has 1 unspecified atom stereocenters. The molecule has 0 aliphatic carbocycles. The maximum atomic E-state index is 12.4. The average molecular weight is 294 g/mol. The Morgan fingerprint density at radius 1 is 1.33 bits per heavy atom. The minimum atomic E-state index is -0.559. The van der Waals surface area contributed by atoms with Crippen LogP contribution in [0.5, 0.6) is 0 Å². The van der Waals surface area contributed by atoms with Crippen LogP contribution in [0.15, 0.2) is 24.3 Å². The molecule has 0 aliphatic rings. The molecule has 0 radical (unpaired) electrons. The standard InChI is InChI=1S/C16H26N2O3/c1-5-21-11-14-8-6-7-9-15(14)17-16(20)18(12(2)3)10-13(4)19/h6-9,12-13,19H,5,10-11H2,1-4H3,(H,17,20). The number of anilines is 1. The molecule has 5 heteroatoms. The molecule has 0 heterocycles. The van der Waals surface area contributed by atoms with Gasteiger partial charge in [-0.2, -0.15) is 0 Å². The van der Waals surface area contributed by atoms with Crippen molar-refractivity contribution in [1.29, 1.82) is 0 Å². The highest BCUT2D eigenvalue weighted by Crippen LogP contribution is 2.17. The predicted molar refractivity (Wildman–Crippen MR) is 84.3 cm³/mol. The molecule has 0 spiro atoms. The number of para-hydroxylation sites is 1. The Bertz CT molecular complexity index is 447. The Balaban J connectivity index is 2.81. The van der Waals surface area contributed by atoms with E-state index in [1.807, 2.05) is 45.0 Å². The van der Waals surface area contributed by atoms with E-state index in [2.05, 4.69) is 5.32 Å². The molecule has 5 nitrogen and oxygen atoms in total. The van der Waals surface area contributed by atoms with Crippen molar-refractivity contribution in [3.05, 3.63) is 29.8 Å². The van der Waals surface area contributed by atoms with E-state index in [1.165, 1.54) is 0 Å². The third-order valence-electron chi connectivity index (χ3n) is 3.07. The van der Waals surface area contributed by atoms with Crippen LogP contribution >= 0.6 is 0 Å². The van der Waals surface area contributed by atoms with Gasteiger partial charge in [0.25, 0.3) is 0 Å². The summed E-state index contributed by atoms with van der Waals surface area (Å²) >= 11 is 0. The summed E-state index contributed by atoms with van der Waals surface area (Å²) in [5.41, 5.74) is 1.68. The fourth-order valence-corrected chi connectivity index (χ4v) is 1.98. The van der Waals surface area contributed by atoms with Crippen molar-refractivity contribution in [2.24, 2.45) is 0 Å². The van der Waals surface area contributed by atoms with Crippen LogP contribution in [0.25, 0.3) is 0 Å². The minimum Gasteiger partial charge on any atom is -0.392 e. The lowest BCUT2D eigenvalue weighted by molar-refractivity contribution is 0.125. The van der Waals surface area contributed by atoms with Crippen molar-refractivity contribution < 1.29 is 14.6 Å². The molecule has 0 saturated heterocycles. The van der Waals surface area contributed by atoms with Crippen molar-refractivity contribution in [3.8, 4) is 0 Å². The lowest BCUT2D eigenvalue weighted by Gasteiger charge is -2.28. The Kier molecular flexibility index (Phi) is 7.19. The van der Waals surface area contributed by atoms with Gasteiger partial charge in [0.15, 0.2) is 0 Å². The Hall–Kier alpha value is -1.59. The van der Waals surface area contributed by atoms with Gasteiger partial charge in [-0.25, -0.2) is 4.79 Å². The molecule has 1 aromatic rings. The van der Waals surface area contributed by atoms with Crippen molar-refractivity contribution in [1.82, 2.24) is 4.90 Å². The lowest BCUT2D eigenvalue weighted by atomic mass is 10.2. The summed E-state index contributed by atoms with van der Waals surface area (Å²) < 4.78 is 5.41. The highest BCUT2D eigenvalue weighted by molar-refractivity contribution is 5.90. The number of rotatable bonds is 7. The second kappa shape index (κ2) is 8.64. The van der Waals surface area contributed by atoms with E-state index in [9.17, 15) is 9.90 Å². The number of benzene rings is 1. The number of nitrogens with zero attached hydrogens (tertiary/aromatic N) is 1. The largest absolute Gasteiger partial charge is 0.392 e. The van der Waals surface area contributed by atoms with Crippen LogP contribution in [0, 0.1) is 0 Å². The smallest absolute Gasteiger partial charge is 0.322 e. The minimum absolute atomic E-state index is 0.0126. The number of ether oxygens (including phenoxy) is 1. The lowest BCUT2D eigenvalue weighted by Crippen LogP contribution is -2.43. The predicted octanol–water partition coefficient (Wildman–Crippen LogP) is 2.85. The molecular weight excluding hydrogens is 268 g/mol. The second-order valence-electron chi connectivity index (χ2n) is 5.32. The van der Waals surface area contributed by atoms with Crippen LogP contribution in [-0.4, -0.2) is 41.3 Å². The van der Waals surface area contributed by atoms with Gasteiger partial charge in [-0.15, -0.1) is 0 Å². The van der Waals surface area contributed by atoms with E-state index in [0.717, 1.165) is 11.3 Å². The summed E-state index contributed by atoms with van der Waals surface area (Å²) in [7, 11) is 0. The monoisotopic (exact) mass is 294 g/mol. The van der Waals surface area contributed by atoms with E-state index in [1.54, 1.807) is 11.8 Å². The van der Waals surface area contributed by atoms with Crippen LogP contribution in [0.1, 0.15) is 33.3 Å². The Morgan fingerprint density at radius 3 is 2.57 bits per heavy atom. The molecule has 0 fully saturated rings. The van der Waals surface area contributed by atoms with Gasteiger partial charge in [0.2, 0.25) is 0 Å². The summed E-state index contributed by atoms with van der Waals surface area (Å²) in [6.45, 7) is 8.85. The number of aliphatic hydroxyl groups is 1. The zero-order valence-electron chi connectivity index (χ0n) is 13.3. The number of nitrogens with one attached hydrogen (secondary N) is 1. The van der Waals surface area contributed by atoms with Gasteiger partial charge in [0.1, 0.15) is 0 Å². The Labute approximate surface area is 126 Å². The summed E-state index contributed by atoms with van der Waals surface area (Å²) in [6.07, 6.45) is -0.559. The zero-order valence-corrected chi connectivity index (χ0v) is 13.3. The molecule has 118 valence electrons. The third kappa shape index (κ3) is 5.73. The van der Waals surface area contributed by atoms with Gasteiger partial charge in [-0.3, -0.25) is 0 Å². The van der Waals surface area contributed by atoms with Gasteiger partial charge in [-0.05, 0) is 33.8 Å². The SMILES string of the molecule is CCOCc1ccccc1NC(=O)N(CC(C)O)C(C)C.